The topological polar surface area (TPSA) is 147 Å². The van der Waals surface area contributed by atoms with Crippen LogP contribution < -0.4 is 11.1 Å². The molecule has 2 amide bonds. The minimum absolute atomic E-state index is 0.292. The highest BCUT2D eigenvalue weighted by Crippen LogP contribution is 2.24. The number of H-pyrrole nitrogens is 2. The fraction of sp³-hybridized carbons (Fsp3) is 0.0455. The van der Waals surface area contributed by atoms with Gasteiger partial charge in [-0.2, -0.15) is 15.3 Å². The van der Waals surface area contributed by atoms with Crippen LogP contribution in [0.3, 0.4) is 0 Å². The van der Waals surface area contributed by atoms with Gasteiger partial charge >= 0.3 is 0 Å². The summed E-state index contributed by atoms with van der Waals surface area (Å²) in [5.41, 5.74) is 10.1. The van der Waals surface area contributed by atoms with Gasteiger partial charge in [0.25, 0.3) is 5.91 Å². The molecular weight excluding hydrogens is 408 g/mol. The summed E-state index contributed by atoms with van der Waals surface area (Å²) in [6, 6.07) is 12.7. The number of nitrogens with two attached hydrogens (primary N) is 1. The first-order valence-electron chi connectivity index (χ1n) is 9.76. The molecule has 5 rings (SSSR count). The van der Waals surface area contributed by atoms with E-state index in [1.807, 2.05) is 24.3 Å². The largest absolute Gasteiger partial charge is 0.366 e. The summed E-state index contributed by atoms with van der Waals surface area (Å²) in [5, 5.41) is 21.6. The number of aromatic nitrogens is 6. The molecule has 0 fully saturated rings. The van der Waals surface area contributed by atoms with Crippen LogP contribution in [-0.4, -0.2) is 42.0 Å². The van der Waals surface area contributed by atoms with Crippen LogP contribution in [0.25, 0.3) is 22.0 Å². The summed E-state index contributed by atoms with van der Waals surface area (Å²) in [6.45, 7) is 0.430. The zero-order valence-electron chi connectivity index (χ0n) is 16.7. The van der Waals surface area contributed by atoms with Gasteiger partial charge < -0.3 is 11.1 Å². The fourth-order valence-corrected chi connectivity index (χ4v) is 3.50. The van der Waals surface area contributed by atoms with Crippen molar-refractivity contribution in [1.29, 1.82) is 0 Å². The van der Waals surface area contributed by atoms with Crippen molar-refractivity contribution < 1.29 is 9.59 Å². The molecule has 32 heavy (non-hydrogen) atoms. The molecule has 0 atom stereocenters. The molecule has 0 radical (unpaired) electrons. The van der Waals surface area contributed by atoms with Crippen molar-refractivity contribution in [3.63, 3.8) is 0 Å². The van der Waals surface area contributed by atoms with Crippen molar-refractivity contribution in [1.82, 2.24) is 30.2 Å². The second-order valence-corrected chi connectivity index (χ2v) is 7.26. The maximum absolute atomic E-state index is 12.8. The standard InChI is InChI=1S/C22H18N8O2/c23-21(31)15-3-1-2-13(6-15)11-30-12-17(10-26-30)27-22(32)20-18-5-4-14(7-19(18)28-29-20)16-8-24-25-9-16/h1-10,12H,11H2,(H2,23,31)(H,24,25)(H,27,32)(H,28,29). The average molecular weight is 426 g/mol. The quantitative estimate of drug-likeness (QED) is 0.329. The second-order valence-electron chi connectivity index (χ2n) is 7.26. The van der Waals surface area contributed by atoms with Gasteiger partial charge in [0.2, 0.25) is 5.91 Å². The Kier molecular flexibility index (Phi) is 4.71. The number of fused-ring (bicyclic) bond motifs is 1. The zero-order valence-corrected chi connectivity index (χ0v) is 16.7. The minimum atomic E-state index is -0.483. The van der Waals surface area contributed by atoms with Crippen molar-refractivity contribution in [2.75, 3.05) is 5.32 Å². The fourth-order valence-electron chi connectivity index (χ4n) is 3.50. The summed E-state index contributed by atoms with van der Waals surface area (Å²) < 4.78 is 1.66. The summed E-state index contributed by atoms with van der Waals surface area (Å²) in [4.78, 5) is 24.1. The molecule has 0 aliphatic heterocycles. The molecule has 3 aromatic heterocycles. The number of aromatic amines is 2. The van der Waals surface area contributed by atoms with Crippen LogP contribution in [0.1, 0.15) is 26.4 Å². The summed E-state index contributed by atoms with van der Waals surface area (Å²) in [6.07, 6.45) is 6.79. The van der Waals surface area contributed by atoms with Crippen molar-refractivity contribution in [3.05, 3.63) is 84.1 Å². The molecule has 2 aromatic carbocycles. The molecule has 5 aromatic rings. The Morgan fingerprint density at radius 1 is 1.09 bits per heavy atom. The monoisotopic (exact) mass is 426 g/mol. The van der Waals surface area contributed by atoms with E-state index in [0.717, 1.165) is 22.2 Å². The predicted octanol–water partition coefficient (Wildman–Crippen LogP) is 2.55. The van der Waals surface area contributed by atoms with E-state index >= 15 is 0 Å². The summed E-state index contributed by atoms with van der Waals surface area (Å²) >= 11 is 0. The van der Waals surface area contributed by atoms with E-state index in [1.165, 1.54) is 0 Å². The maximum atomic E-state index is 12.8. The third-order valence-corrected chi connectivity index (χ3v) is 5.06. The molecule has 0 bridgehead atoms. The Bertz CT molecular complexity index is 1430. The third-order valence-electron chi connectivity index (χ3n) is 5.06. The van der Waals surface area contributed by atoms with Crippen LogP contribution in [0, 0.1) is 0 Å². The molecule has 0 aliphatic carbocycles. The number of hydrogen-bond donors (Lipinski definition) is 4. The SMILES string of the molecule is NC(=O)c1cccc(Cn2cc(NC(=O)c3n[nH]c4cc(-c5cn[nH]c5)ccc34)cn2)c1. The Morgan fingerprint density at radius 2 is 2.00 bits per heavy atom. The second kappa shape index (κ2) is 7.84. The van der Waals surface area contributed by atoms with E-state index < -0.39 is 5.91 Å². The lowest BCUT2D eigenvalue weighted by atomic mass is 10.1. The number of hydrogen-bond acceptors (Lipinski definition) is 5. The smallest absolute Gasteiger partial charge is 0.276 e. The highest BCUT2D eigenvalue weighted by atomic mass is 16.2. The van der Waals surface area contributed by atoms with Crippen molar-refractivity contribution in [2.45, 2.75) is 6.54 Å². The van der Waals surface area contributed by atoms with Gasteiger partial charge in [0.05, 0.1) is 30.1 Å². The van der Waals surface area contributed by atoms with E-state index in [-0.39, 0.29) is 5.91 Å². The average Bonchev–Trinajstić information content (AvgIpc) is 3.54. The van der Waals surface area contributed by atoms with Crippen molar-refractivity contribution >= 4 is 28.4 Å². The Morgan fingerprint density at radius 3 is 2.81 bits per heavy atom. The lowest BCUT2D eigenvalue weighted by molar-refractivity contribution is 0.0997. The van der Waals surface area contributed by atoms with Crippen LogP contribution in [0.15, 0.2) is 67.3 Å². The molecule has 3 heterocycles. The van der Waals surface area contributed by atoms with Gasteiger partial charge in [0, 0.05) is 28.9 Å². The maximum Gasteiger partial charge on any atom is 0.276 e. The number of amides is 2. The first-order chi connectivity index (χ1) is 15.6. The molecule has 5 N–H and O–H groups in total. The van der Waals surface area contributed by atoms with Gasteiger partial charge in [-0.05, 0) is 35.4 Å². The lowest BCUT2D eigenvalue weighted by Crippen LogP contribution is -2.12. The van der Waals surface area contributed by atoms with Gasteiger partial charge in [0.15, 0.2) is 5.69 Å². The van der Waals surface area contributed by atoms with Crippen LogP contribution >= 0.6 is 0 Å². The number of benzene rings is 2. The van der Waals surface area contributed by atoms with Crippen LogP contribution in [0.5, 0.6) is 0 Å². The Hall–Kier alpha value is -4.73. The van der Waals surface area contributed by atoms with Crippen LogP contribution in [0.2, 0.25) is 0 Å². The molecule has 0 spiro atoms. The van der Waals surface area contributed by atoms with E-state index in [9.17, 15) is 9.59 Å². The van der Waals surface area contributed by atoms with Gasteiger partial charge in [0.1, 0.15) is 0 Å². The van der Waals surface area contributed by atoms with Crippen LogP contribution in [-0.2, 0) is 6.54 Å². The predicted molar refractivity (Wildman–Crippen MR) is 118 cm³/mol. The van der Waals surface area contributed by atoms with Gasteiger partial charge in [-0.15, -0.1) is 0 Å². The lowest BCUT2D eigenvalue weighted by Gasteiger charge is -2.04. The molecule has 0 saturated heterocycles. The molecular formula is C22H18N8O2. The zero-order chi connectivity index (χ0) is 22.1. The first-order valence-corrected chi connectivity index (χ1v) is 9.76. The van der Waals surface area contributed by atoms with Crippen molar-refractivity contribution in [3.8, 4) is 11.1 Å². The minimum Gasteiger partial charge on any atom is -0.366 e. The normalized spacial score (nSPS) is 11.0. The van der Waals surface area contributed by atoms with Gasteiger partial charge in [-0.1, -0.05) is 18.2 Å². The van der Waals surface area contributed by atoms with Gasteiger partial charge in [-0.3, -0.25) is 24.5 Å². The Balaban J connectivity index is 1.31. The number of anilines is 1. The van der Waals surface area contributed by atoms with E-state index in [1.54, 1.807) is 47.7 Å². The molecule has 0 saturated carbocycles. The summed E-state index contributed by atoms with van der Waals surface area (Å²) in [7, 11) is 0. The number of carbonyl (C=O) groups is 2. The summed E-state index contributed by atoms with van der Waals surface area (Å²) in [5.74, 6) is -0.828. The number of nitrogens with one attached hydrogen (secondary N) is 3. The van der Waals surface area contributed by atoms with E-state index in [2.05, 4.69) is 30.8 Å². The number of rotatable bonds is 6. The molecule has 10 nitrogen and oxygen atoms in total. The highest BCUT2D eigenvalue weighted by molar-refractivity contribution is 6.11. The van der Waals surface area contributed by atoms with E-state index in [0.29, 0.717) is 28.9 Å². The van der Waals surface area contributed by atoms with Gasteiger partial charge in [-0.25, -0.2) is 0 Å². The van der Waals surface area contributed by atoms with Crippen LogP contribution in [0.4, 0.5) is 5.69 Å². The molecule has 0 aliphatic rings. The Labute approximate surface area is 181 Å². The van der Waals surface area contributed by atoms with E-state index in [4.69, 9.17) is 5.73 Å². The first kappa shape index (κ1) is 19.2. The molecule has 158 valence electrons. The molecule has 0 unspecified atom stereocenters. The third kappa shape index (κ3) is 3.72. The number of primary amides is 1. The molecule has 10 heteroatoms. The number of carbonyl (C=O) groups excluding carboxylic acids is 2. The highest BCUT2D eigenvalue weighted by Gasteiger charge is 2.16. The number of nitrogens with zero attached hydrogens (tertiary/aromatic N) is 4. The van der Waals surface area contributed by atoms with Crippen molar-refractivity contribution in [2.24, 2.45) is 5.73 Å².